The average molecular weight is 765 g/mol. The van der Waals surface area contributed by atoms with Crippen LogP contribution in [-0.2, 0) is 25.5 Å². The summed E-state index contributed by atoms with van der Waals surface area (Å²) >= 11 is 0. The lowest BCUT2D eigenvalue weighted by Crippen LogP contribution is -2.52. The molecule has 5 amide bonds. The zero-order valence-corrected chi connectivity index (χ0v) is 32.1. The van der Waals surface area contributed by atoms with Gasteiger partial charge < -0.3 is 26.0 Å². The molecule has 16 nitrogen and oxygen atoms in total. The van der Waals surface area contributed by atoms with Crippen LogP contribution in [0.5, 0.6) is 0 Å². The van der Waals surface area contributed by atoms with Gasteiger partial charge in [0.05, 0.1) is 6.54 Å². The number of H-pyrrole nitrogens is 1. The molecule has 5 N–H and O–H groups in total. The molecule has 0 spiro atoms. The van der Waals surface area contributed by atoms with E-state index in [2.05, 4.69) is 36.2 Å². The lowest BCUT2D eigenvalue weighted by atomic mass is 9.81. The number of alkyl carbamates (subject to hydrolysis) is 1. The van der Waals surface area contributed by atoms with E-state index in [1.165, 1.54) is 9.80 Å². The van der Waals surface area contributed by atoms with Gasteiger partial charge in [-0.2, -0.15) is 0 Å². The molecule has 294 valence electrons. The number of hydrogen-bond acceptors (Lipinski definition) is 10. The molecule has 0 bridgehead atoms. The quantitative estimate of drug-likeness (QED) is 0.174. The van der Waals surface area contributed by atoms with Crippen molar-refractivity contribution < 1.29 is 28.7 Å². The highest BCUT2D eigenvalue weighted by Gasteiger charge is 2.36. The summed E-state index contributed by atoms with van der Waals surface area (Å²) in [5.74, 6) is -1.04. The summed E-state index contributed by atoms with van der Waals surface area (Å²) in [6.45, 7) is 8.61. The SMILES string of the molecule is Cc1cc(C(=O)N2CCNC(=O)C2)ncc1-c1ccc(C[C@@H](C(N)=O)N(c2ccc(-c3nnn[nH]3)cc2)C(=O)[C@H]2CC[C@H](CNC(=O)OC(C)(C)C)CC2)cc1. The Labute approximate surface area is 324 Å². The number of aryl methyl sites for hydroxylation is 1. The van der Waals surface area contributed by atoms with E-state index in [1.54, 1.807) is 36.5 Å². The number of aromatic nitrogens is 5. The number of nitrogens with zero attached hydrogens (tertiary/aromatic N) is 6. The highest BCUT2D eigenvalue weighted by Crippen LogP contribution is 2.33. The molecule has 2 aromatic carbocycles. The van der Waals surface area contributed by atoms with Gasteiger partial charge in [0.1, 0.15) is 17.3 Å². The van der Waals surface area contributed by atoms with Crippen molar-refractivity contribution in [3.8, 4) is 22.5 Å². The van der Waals surface area contributed by atoms with Crippen LogP contribution in [-0.4, -0.2) is 98.1 Å². The van der Waals surface area contributed by atoms with Crippen molar-refractivity contribution in [2.45, 2.75) is 71.4 Å². The van der Waals surface area contributed by atoms with Gasteiger partial charge in [-0.05, 0) is 117 Å². The van der Waals surface area contributed by atoms with Gasteiger partial charge in [-0.3, -0.25) is 29.1 Å². The lowest BCUT2D eigenvalue weighted by molar-refractivity contribution is -0.127. The van der Waals surface area contributed by atoms with Gasteiger partial charge in [-0.15, -0.1) is 5.10 Å². The van der Waals surface area contributed by atoms with Crippen molar-refractivity contribution in [2.24, 2.45) is 17.6 Å². The van der Waals surface area contributed by atoms with Gasteiger partial charge in [0.2, 0.25) is 17.7 Å². The predicted octanol–water partition coefficient (Wildman–Crippen LogP) is 3.57. The van der Waals surface area contributed by atoms with Crippen molar-refractivity contribution in [2.75, 3.05) is 31.1 Å². The van der Waals surface area contributed by atoms with E-state index in [9.17, 15) is 24.0 Å². The first kappa shape index (κ1) is 39.5. The average Bonchev–Trinajstić information content (AvgIpc) is 3.72. The molecule has 16 heteroatoms. The number of piperazine rings is 1. The van der Waals surface area contributed by atoms with E-state index in [4.69, 9.17) is 10.5 Å². The fourth-order valence-corrected chi connectivity index (χ4v) is 7.19. The maximum atomic E-state index is 14.5. The number of amides is 5. The van der Waals surface area contributed by atoms with Crippen LogP contribution in [0.4, 0.5) is 10.5 Å². The highest BCUT2D eigenvalue weighted by molar-refractivity contribution is 6.02. The molecule has 4 aromatic rings. The Morgan fingerprint density at radius 3 is 2.32 bits per heavy atom. The van der Waals surface area contributed by atoms with Gasteiger partial charge in [0.25, 0.3) is 5.91 Å². The number of primary amides is 1. The molecule has 0 unspecified atom stereocenters. The van der Waals surface area contributed by atoms with E-state index < -0.39 is 23.6 Å². The van der Waals surface area contributed by atoms with Crippen LogP contribution in [0.1, 0.15) is 68.1 Å². The second-order valence-corrected chi connectivity index (χ2v) is 15.4. The Bertz CT molecular complexity index is 2040. The first-order valence-electron chi connectivity index (χ1n) is 18.8. The minimum Gasteiger partial charge on any atom is -0.444 e. The Morgan fingerprint density at radius 2 is 1.71 bits per heavy atom. The number of nitrogens with one attached hydrogen (secondary N) is 3. The third-order valence-corrected chi connectivity index (χ3v) is 10.1. The number of rotatable bonds is 11. The van der Waals surface area contributed by atoms with Crippen LogP contribution in [0.25, 0.3) is 22.5 Å². The van der Waals surface area contributed by atoms with E-state index in [0.717, 1.165) is 35.1 Å². The number of nitrogens with two attached hydrogens (primary N) is 1. The van der Waals surface area contributed by atoms with Crippen molar-refractivity contribution in [1.82, 2.24) is 41.1 Å². The molecule has 2 fully saturated rings. The minimum absolute atomic E-state index is 0.00000000283. The molecule has 2 aliphatic rings. The number of carbonyl (C=O) groups excluding carboxylic acids is 5. The first-order valence-corrected chi connectivity index (χ1v) is 18.8. The van der Waals surface area contributed by atoms with Crippen LogP contribution < -0.4 is 21.3 Å². The standard InChI is InChI=1S/C40H48N10O6/c1-24-19-32(38(54)49-18-17-42-34(51)23-49)43-22-31(24)27-9-5-25(6-10-27)20-33(35(41)52)50(30-15-13-28(14-16-30)36-45-47-48-46-36)37(53)29-11-7-26(8-12-29)21-44-39(55)56-40(2,3)4/h5-6,9-10,13-16,19,22,26,29,33H,7-8,11-12,17-18,20-21,23H2,1-4H3,(H2,41,52)(H,42,51)(H,44,55)(H,45,46,47,48)/t26-,29-,33-/m0/s1. The normalized spacial score (nSPS) is 17.7. The van der Waals surface area contributed by atoms with Gasteiger partial charge >= 0.3 is 6.09 Å². The summed E-state index contributed by atoms with van der Waals surface area (Å²) in [7, 11) is 0. The Kier molecular flexibility index (Phi) is 12.1. The van der Waals surface area contributed by atoms with Crippen LogP contribution in [0.2, 0.25) is 0 Å². The van der Waals surface area contributed by atoms with Crippen molar-refractivity contribution in [3.05, 3.63) is 77.6 Å². The third kappa shape index (κ3) is 9.72. The van der Waals surface area contributed by atoms with Crippen molar-refractivity contribution >= 4 is 35.4 Å². The summed E-state index contributed by atoms with van der Waals surface area (Å²) in [6.07, 6.45) is 3.96. The first-order chi connectivity index (χ1) is 26.8. The van der Waals surface area contributed by atoms with Crippen molar-refractivity contribution in [3.63, 3.8) is 0 Å². The Balaban J connectivity index is 1.18. The van der Waals surface area contributed by atoms with Crippen molar-refractivity contribution in [1.29, 1.82) is 0 Å². The van der Waals surface area contributed by atoms with Crippen LogP contribution in [0.15, 0.2) is 60.8 Å². The zero-order chi connectivity index (χ0) is 40.0. The summed E-state index contributed by atoms with van der Waals surface area (Å²) in [5.41, 5.74) is 10.3. The van der Waals surface area contributed by atoms with E-state index in [1.807, 2.05) is 52.0 Å². The van der Waals surface area contributed by atoms with Gasteiger partial charge in [0, 0.05) is 55.0 Å². The molecule has 3 heterocycles. The second kappa shape index (κ2) is 17.1. The Morgan fingerprint density at radius 1 is 1.02 bits per heavy atom. The second-order valence-electron chi connectivity index (χ2n) is 15.4. The summed E-state index contributed by atoms with van der Waals surface area (Å²) in [6, 6.07) is 15.4. The third-order valence-electron chi connectivity index (χ3n) is 10.1. The number of tetrazole rings is 1. The largest absolute Gasteiger partial charge is 0.444 e. The topological polar surface area (TPSA) is 218 Å². The number of hydrogen-bond donors (Lipinski definition) is 4. The number of carbonyl (C=O) groups is 5. The van der Waals surface area contributed by atoms with Crippen LogP contribution in [0, 0.1) is 18.8 Å². The zero-order valence-electron chi connectivity index (χ0n) is 32.1. The van der Waals surface area contributed by atoms with E-state index in [-0.39, 0.29) is 48.2 Å². The molecule has 1 atom stereocenters. The smallest absolute Gasteiger partial charge is 0.407 e. The highest BCUT2D eigenvalue weighted by atomic mass is 16.6. The van der Waals surface area contributed by atoms with E-state index in [0.29, 0.717) is 49.6 Å². The minimum atomic E-state index is -0.997. The molecular weight excluding hydrogens is 717 g/mol. The number of aromatic amines is 1. The van der Waals surface area contributed by atoms with Gasteiger partial charge in [-0.25, -0.2) is 9.89 Å². The fraction of sp³-hybridized carbons (Fsp3) is 0.425. The van der Waals surface area contributed by atoms with Gasteiger partial charge in [-0.1, -0.05) is 24.3 Å². The number of anilines is 1. The Hall–Kier alpha value is -6.19. The molecule has 0 radical (unpaired) electrons. The maximum absolute atomic E-state index is 14.5. The molecular formula is C40H48N10O6. The molecule has 1 aliphatic heterocycles. The fourth-order valence-electron chi connectivity index (χ4n) is 7.19. The predicted molar refractivity (Wildman–Crippen MR) is 207 cm³/mol. The van der Waals surface area contributed by atoms with E-state index >= 15 is 0 Å². The number of benzene rings is 2. The summed E-state index contributed by atoms with van der Waals surface area (Å²) < 4.78 is 5.37. The number of ether oxygens (including phenoxy) is 1. The van der Waals surface area contributed by atoms with Crippen LogP contribution in [0.3, 0.4) is 0 Å². The van der Waals surface area contributed by atoms with Gasteiger partial charge in [0.15, 0.2) is 5.82 Å². The monoisotopic (exact) mass is 764 g/mol. The molecule has 56 heavy (non-hydrogen) atoms. The molecule has 1 saturated heterocycles. The van der Waals surface area contributed by atoms with Crippen LogP contribution >= 0.6 is 0 Å². The lowest BCUT2D eigenvalue weighted by Gasteiger charge is -2.36. The number of pyridine rings is 1. The molecule has 1 aliphatic carbocycles. The summed E-state index contributed by atoms with van der Waals surface area (Å²) in [5, 5.41) is 19.6. The molecule has 1 saturated carbocycles. The molecule has 2 aromatic heterocycles. The molecule has 6 rings (SSSR count). The summed E-state index contributed by atoms with van der Waals surface area (Å²) in [4.78, 5) is 72.3. The maximum Gasteiger partial charge on any atom is 0.407 e.